The van der Waals surface area contributed by atoms with E-state index in [9.17, 15) is 14.4 Å². The molecule has 1 aliphatic heterocycles. The minimum absolute atomic E-state index is 0.00789. The van der Waals surface area contributed by atoms with Crippen molar-refractivity contribution in [3.63, 3.8) is 0 Å². The molecule has 1 aromatic rings. The quantitative estimate of drug-likeness (QED) is 0.458. The molecular weight excluding hydrogens is 408 g/mol. The third kappa shape index (κ3) is 6.83. The molecule has 1 aliphatic rings. The van der Waals surface area contributed by atoms with E-state index >= 15 is 0 Å². The van der Waals surface area contributed by atoms with Crippen molar-refractivity contribution in [3.05, 3.63) is 52.4 Å². The molecule has 0 aromatic heterocycles. The van der Waals surface area contributed by atoms with Gasteiger partial charge in [0.1, 0.15) is 10.4 Å². The second kappa shape index (κ2) is 10.9. The molecule has 0 bridgehead atoms. The fourth-order valence-electron chi connectivity index (χ4n) is 2.78. The van der Waals surface area contributed by atoms with Gasteiger partial charge in [0.25, 0.3) is 5.91 Å². The van der Waals surface area contributed by atoms with E-state index in [0.29, 0.717) is 22.1 Å². The second-order valence-corrected chi connectivity index (χ2v) is 8.31. The van der Waals surface area contributed by atoms with Crippen LogP contribution < -0.4 is 5.32 Å². The van der Waals surface area contributed by atoms with Crippen LogP contribution in [0, 0.1) is 0 Å². The third-order valence-electron chi connectivity index (χ3n) is 4.20. The summed E-state index contributed by atoms with van der Waals surface area (Å²) in [6, 6.07) is 8.87. The van der Waals surface area contributed by atoms with Crippen molar-refractivity contribution in [3.8, 4) is 0 Å². The molecule has 6 nitrogen and oxygen atoms in total. The zero-order valence-electron chi connectivity index (χ0n) is 16.4. The van der Waals surface area contributed by atoms with Gasteiger partial charge in [-0.15, -0.1) is 0 Å². The number of amides is 2. The summed E-state index contributed by atoms with van der Waals surface area (Å²) in [6.07, 6.45) is 4.75. The van der Waals surface area contributed by atoms with Crippen LogP contribution in [0.5, 0.6) is 0 Å². The first-order valence-electron chi connectivity index (χ1n) is 9.32. The van der Waals surface area contributed by atoms with Gasteiger partial charge in [-0.2, -0.15) is 0 Å². The fourth-order valence-corrected chi connectivity index (χ4v) is 4.14. The van der Waals surface area contributed by atoms with Gasteiger partial charge in [0.2, 0.25) is 5.91 Å². The van der Waals surface area contributed by atoms with Gasteiger partial charge < -0.3 is 10.4 Å². The fraction of sp³-hybridized carbons (Fsp3) is 0.333. The Morgan fingerprint density at radius 1 is 1.31 bits per heavy atom. The van der Waals surface area contributed by atoms with E-state index in [1.807, 2.05) is 50.3 Å². The monoisotopic (exact) mass is 432 g/mol. The van der Waals surface area contributed by atoms with Crippen molar-refractivity contribution in [1.29, 1.82) is 0 Å². The number of carboxylic acid groups (broad SMARTS) is 1. The van der Waals surface area contributed by atoms with Crippen LogP contribution in [-0.4, -0.2) is 44.7 Å². The summed E-state index contributed by atoms with van der Waals surface area (Å²) < 4.78 is 0.393. The lowest BCUT2D eigenvalue weighted by atomic mass is 10.1. The molecule has 0 unspecified atom stereocenters. The maximum atomic E-state index is 12.6. The van der Waals surface area contributed by atoms with E-state index in [2.05, 4.69) is 5.32 Å². The average molecular weight is 433 g/mol. The smallest absolute Gasteiger partial charge is 0.326 e. The van der Waals surface area contributed by atoms with Crippen LogP contribution in [0.25, 0.3) is 6.08 Å². The Morgan fingerprint density at radius 3 is 2.62 bits per heavy atom. The molecule has 0 spiro atoms. The van der Waals surface area contributed by atoms with Crippen LogP contribution >= 0.6 is 24.0 Å². The minimum atomic E-state index is -1.06. The number of nitrogens with one attached hydrogen (secondary N) is 1. The molecule has 1 heterocycles. The summed E-state index contributed by atoms with van der Waals surface area (Å²) in [4.78, 5) is 37.8. The van der Waals surface area contributed by atoms with Gasteiger partial charge in [-0.1, -0.05) is 73.7 Å². The van der Waals surface area contributed by atoms with Crippen LogP contribution in [0.3, 0.4) is 0 Å². The van der Waals surface area contributed by atoms with E-state index in [0.717, 1.165) is 11.1 Å². The lowest BCUT2D eigenvalue weighted by Crippen LogP contribution is -2.42. The highest BCUT2D eigenvalue weighted by Gasteiger charge is 2.32. The van der Waals surface area contributed by atoms with Crippen molar-refractivity contribution in [1.82, 2.24) is 10.2 Å². The predicted molar refractivity (Wildman–Crippen MR) is 119 cm³/mol. The zero-order chi connectivity index (χ0) is 21.4. The van der Waals surface area contributed by atoms with Gasteiger partial charge in [-0.25, -0.2) is 4.79 Å². The van der Waals surface area contributed by atoms with Gasteiger partial charge in [-0.05, 0) is 30.6 Å². The summed E-state index contributed by atoms with van der Waals surface area (Å²) in [5, 5.41) is 11.6. The lowest BCUT2D eigenvalue weighted by Gasteiger charge is -2.16. The molecule has 1 atom stereocenters. The molecule has 2 N–H and O–H groups in total. The summed E-state index contributed by atoms with van der Waals surface area (Å²) >= 11 is 6.48. The second-order valence-electron chi connectivity index (χ2n) is 6.63. The Hall–Kier alpha value is -2.45. The van der Waals surface area contributed by atoms with Gasteiger partial charge in [0.15, 0.2) is 0 Å². The number of benzene rings is 1. The van der Waals surface area contributed by atoms with Crippen molar-refractivity contribution < 1.29 is 19.5 Å². The molecule has 0 saturated carbocycles. The first-order chi connectivity index (χ1) is 13.8. The van der Waals surface area contributed by atoms with Crippen LogP contribution in [0.15, 0.2) is 46.9 Å². The van der Waals surface area contributed by atoms with Crippen molar-refractivity contribution >= 4 is 52.2 Å². The number of allylic oxidation sites excluding steroid dienone is 2. The SMILES string of the molecule is CCC[C@@H](NC(=O)CCN1C(=O)/C(=C\C(C)=C\c2ccccc2)SC1=S)C(=O)O. The number of hydrogen-bond donors (Lipinski definition) is 2. The number of rotatable bonds is 9. The Labute approximate surface area is 180 Å². The molecule has 0 aliphatic carbocycles. The molecule has 1 saturated heterocycles. The van der Waals surface area contributed by atoms with Crippen LogP contribution in [0.1, 0.15) is 38.7 Å². The van der Waals surface area contributed by atoms with Crippen molar-refractivity contribution in [2.75, 3.05) is 6.54 Å². The summed E-state index contributed by atoms with van der Waals surface area (Å²) in [5.41, 5.74) is 1.95. The lowest BCUT2D eigenvalue weighted by molar-refractivity contribution is -0.142. The van der Waals surface area contributed by atoms with Crippen molar-refractivity contribution in [2.24, 2.45) is 0 Å². The number of thioether (sulfide) groups is 1. The molecule has 1 fully saturated rings. The highest BCUT2D eigenvalue weighted by Crippen LogP contribution is 2.32. The van der Waals surface area contributed by atoms with E-state index in [1.165, 1.54) is 16.7 Å². The van der Waals surface area contributed by atoms with Crippen molar-refractivity contribution in [2.45, 2.75) is 39.2 Å². The molecule has 2 rings (SSSR count). The number of hydrogen-bond acceptors (Lipinski definition) is 5. The molecular formula is C21H24N2O4S2. The number of carboxylic acids is 1. The van der Waals surface area contributed by atoms with Crippen LogP contribution in [0.2, 0.25) is 0 Å². The van der Waals surface area contributed by atoms with Crippen LogP contribution in [0.4, 0.5) is 0 Å². The molecule has 2 amide bonds. The van der Waals surface area contributed by atoms with E-state index in [4.69, 9.17) is 17.3 Å². The zero-order valence-corrected chi connectivity index (χ0v) is 18.0. The van der Waals surface area contributed by atoms with Crippen LogP contribution in [-0.2, 0) is 14.4 Å². The Bertz CT molecular complexity index is 849. The van der Waals surface area contributed by atoms with Gasteiger partial charge in [0.05, 0.1) is 4.91 Å². The Balaban J connectivity index is 1.97. The summed E-state index contributed by atoms with van der Waals surface area (Å²) in [7, 11) is 0. The first kappa shape index (κ1) is 22.8. The topological polar surface area (TPSA) is 86.7 Å². The van der Waals surface area contributed by atoms with E-state index < -0.39 is 17.9 Å². The number of carbonyl (C=O) groups excluding carboxylic acids is 2. The highest BCUT2D eigenvalue weighted by atomic mass is 32.2. The Kier molecular flexibility index (Phi) is 8.60. The summed E-state index contributed by atoms with van der Waals surface area (Å²) in [6.45, 7) is 3.88. The minimum Gasteiger partial charge on any atom is -0.480 e. The molecule has 154 valence electrons. The maximum absolute atomic E-state index is 12.6. The number of carbonyl (C=O) groups is 3. The number of nitrogens with zero attached hydrogens (tertiary/aromatic N) is 1. The number of thiocarbonyl (C=S) groups is 1. The van der Waals surface area contributed by atoms with Gasteiger partial charge in [0, 0.05) is 13.0 Å². The summed E-state index contributed by atoms with van der Waals surface area (Å²) in [5.74, 6) is -1.71. The largest absolute Gasteiger partial charge is 0.480 e. The number of aliphatic carboxylic acids is 1. The Morgan fingerprint density at radius 2 is 2.00 bits per heavy atom. The van der Waals surface area contributed by atoms with E-state index in [1.54, 1.807) is 6.08 Å². The normalized spacial score (nSPS) is 17.0. The molecule has 29 heavy (non-hydrogen) atoms. The standard InChI is InChI=1S/C21H24N2O4S2/c1-3-7-16(20(26)27)22-18(24)10-11-23-19(25)17(29-21(23)28)13-14(2)12-15-8-5-4-6-9-15/h4-6,8-9,12-13,16H,3,7,10-11H2,1-2H3,(H,22,24)(H,26,27)/b14-12+,17-13+/t16-/m1/s1. The third-order valence-corrected chi connectivity index (χ3v) is 5.58. The van der Waals surface area contributed by atoms with Gasteiger partial charge in [-0.3, -0.25) is 14.5 Å². The first-order valence-corrected chi connectivity index (χ1v) is 10.5. The molecule has 8 heteroatoms. The average Bonchev–Trinajstić information content (AvgIpc) is 2.93. The highest BCUT2D eigenvalue weighted by molar-refractivity contribution is 8.26. The predicted octanol–water partition coefficient (Wildman–Crippen LogP) is 3.59. The van der Waals surface area contributed by atoms with Gasteiger partial charge >= 0.3 is 5.97 Å². The maximum Gasteiger partial charge on any atom is 0.326 e. The van der Waals surface area contributed by atoms with E-state index in [-0.39, 0.29) is 18.9 Å². The molecule has 0 radical (unpaired) electrons. The molecule has 1 aromatic carbocycles.